The highest BCUT2D eigenvalue weighted by atomic mass is 16.6. The van der Waals surface area contributed by atoms with Crippen LogP contribution in [0.1, 0.15) is 24.0 Å². The van der Waals surface area contributed by atoms with Gasteiger partial charge in [-0.2, -0.15) is 0 Å². The van der Waals surface area contributed by atoms with Gasteiger partial charge in [0.2, 0.25) is 0 Å². The first-order chi connectivity index (χ1) is 17.5. The fraction of sp³-hybridized carbons (Fsp3) is 0.379. The van der Waals surface area contributed by atoms with E-state index in [0.717, 1.165) is 24.0 Å². The van der Waals surface area contributed by atoms with E-state index in [9.17, 15) is 9.59 Å². The number of urea groups is 1. The van der Waals surface area contributed by atoms with Gasteiger partial charge in [-0.3, -0.25) is 4.90 Å². The van der Waals surface area contributed by atoms with Crippen LogP contribution < -0.4 is 10.6 Å². The van der Waals surface area contributed by atoms with Gasteiger partial charge in [0, 0.05) is 44.2 Å². The summed E-state index contributed by atoms with van der Waals surface area (Å²) in [4.78, 5) is 29.4. The van der Waals surface area contributed by atoms with Crippen molar-refractivity contribution in [1.29, 1.82) is 0 Å². The van der Waals surface area contributed by atoms with Crippen molar-refractivity contribution in [2.24, 2.45) is 11.8 Å². The number of hydrogen-bond acceptors (Lipinski definition) is 4. The first-order valence-electron chi connectivity index (χ1n) is 12.7. The first kappa shape index (κ1) is 24.1. The second kappa shape index (κ2) is 10.6. The number of amides is 3. The van der Waals surface area contributed by atoms with Gasteiger partial charge in [0.15, 0.2) is 0 Å². The molecule has 0 radical (unpaired) electrons. The molecule has 5 unspecified atom stereocenters. The summed E-state index contributed by atoms with van der Waals surface area (Å²) >= 11 is 0. The summed E-state index contributed by atoms with van der Waals surface area (Å²) in [6.07, 6.45) is 7.64. The molecule has 1 heterocycles. The Labute approximate surface area is 212 Å². The highest BCUT2D eigenvalue weighted by Crippen LogP contribution is 2.47. The predicted molar refractivity (Wildman–Crippen MR) is 139 cm³/mol. The van der Waals surface area contributed by atoms with Crippen molar-refractivity contribution in [1.82, 2.24) is 20.4 Å². The molecule has 3 amide bonds. The van der Waals surface area contributed by atoms with Crippen molar-refractivity contribution in [2.75, 3.05) is 14.1 Å². The maximum Gasteiger partial charge on any atom is 0.412 e. The van der Waals surface area contributed by atoms with Crippen LogP contribution in [0.4, 0.5) is 9.59 Å². The highest BCUT2D eigenvalue weighted by Gasteiger charge is 2.52. The number of hydrogen-bond donors (Lipinski definition) is 2. The number of alkyl carbamates (subject to hydrolysis) is 1. The second-order valence-electron chi connectivity index (χ2n) is 10.0. The first-order valence-corrected chi connectivity index (χ1v) is 12.7. The molecule has 2 aliphatic carbocycles. The van der Waals surface area contributed by atoms with Gasteiger partial charge in [0.25, 0.3) is 0 Å². The van der Waals surface area contributed by atoms with Gasteiger partial charge in [-0.15, -0.1) is 0 Å². The molecule has 7 nitrogen and oxygen atoms in total. The van der Waals surface area contributed by atoms with E-state index in [0.29, 0.717) is 24.8 Å². The second-order valence-corrected chi connectivity index (χ2v) is 10.0. The van der Waals surface area contributed by atoms with Crippen LogP contribution in [0.25, 0.3) is 0 Å². The van der Waals surface area contributed by atoms with E-state index in [2.05, 4.69) is 34.7 Å². The molecule has 188 valence electrons. The Hall–Kier alpha value is -3.58. The third-order valence-electron chi connectivity index (χ3n) is 7.71. The zero-order valence-electron chi connectivity index (χ0n) is 20.8. The lowest BCUT2D eigenvalue weighted by molar-refractivity contribution is 0.176. The summed E-state index contributed by atoms with van der Waals surface area (Å²) in [5.41, 5.74) is 2.13. The molecule has 1 saturated carbocycles. The van der Waals surface area contributed by atoms with Crippen molar-refractivity contribution in [3.05, 3.63) is 95.8 Å². The molecule has 0 bridgehead atoms. The maximum absolute atomic E-state index is 13.0. The normalized spacial score (nSPS) is 26.5. The van der Waals surface area contributed by atoms with E-state index in [-0.39, 0.29) is 30.1 Å². The largest absolute Gasteiger partial charge is 0.412 e. The van der Waals surface area contributed by atoms with Gasteiger partial charge in [-0.25, -0.2) is 9.59 Å². The Morgan fingerprint density at radius 2 is 1.72 bits per heavy atom. The van der Waals surface area contributed by atoms with Gasteiger partial charge in [-0.05, 0) is 49.1 Å². The molecule has 3 aliphatic rings. The number of carbonyl (C=O) groups excluding carboxylic acids is 2. The van der Waals surface area contributed by atoms with E-state index in [1.807, 2.05) is 73.8 Å². The quantitative estimate of drug-likeness (QED) is 0.639. The highest BCUT2D eigenvalue weighted by molar-refractivity contribution is 5.74. The SMILES string of the molecule is CN(Cc1ccccc1)C(=O)NC1CCC2C3C=C(OC(=O)NCc4ccccc4)C=CC3N(C)C12. The molecular weight excluding hydrogens is 452 g/mol. The van der Waals surface area contributed by atoms with Gasteiger partial charge in [0.1, 0.15) is 5.76 Å². The minimum Gasteiger partial charge on any atom is -0.411 e. The summed E-state index contributed by atoms with van der Waals surface area (Å²) in [5.74, 6) is 1.25. The monoisotopic (exact) mass is 486 g/mol. The zero-order chi connectivity index (χ0) is 25.1. The van der Waals surface area contributed by atoms with Crippen LogP contribution in [-0.4, -0.2) is 54.1 Å². The van der Waals surface area contributed by atoms with Crippen LogP contribution in [0, 0.1) is 11.8 Å². The smallest absolute Gasteiger partial charge is 0.411 e. The number of nitrogens with zero attached hydrogens (tertiary/aromatic N) is 2. The lowest BCUT2D eigenvalue weighted by Crippen LogP contribution is -2.50. The van der Waals surface area contributed by atoms with Crippen molar-refractivity contribution in [2.45, 2.75) is 44.1 Å². The average Bonchev–Trinajstić information content (AvgIpc) is 3.43. The van der Waals surface area contributed by atoms with E-state index >= 15 is 0 Å². The number of rotatable bonds is 6. The third kappa shape index (κ3) is 5.16. The van der Waals surface area contributed by atoms with Crippen molar-refractivity contribution in [3.8, 4) is 0 Å². The number of carbonyl (C=O) groups is 2. The van der Waals surface area contributed by atoms with E-state index in [4.69, 9.17) is 4.74 Å². The molecule has 0 aromatic heterocycles. The standard InChI is InChI=1S/C29H34N4O3/c1-32(19-21-11-7-4-8-12-21)28(34)31-25-15-14-23-24-17-22(13-16-26(24)33(2)27(23)25)36-29(35)30-18-20-9-5-3-6-10-20/h3-13,16-17,23-27H,14-15,18-19H2,1-2H3,(H,30,35)(H,31,34). The number of likely N-dealkylation sites (N-methyl/N-ethyl adjacent to an activating group) is 1. The van der Waals surface area contributed by atoms with Crippen molar-refractivity contribution in [3.63, 3.8) is 0 Å². The molecule has 2 fully saturated rings. The number of likely N-dealkylation sites (tertiary alicyclic amines) is 1. The molecule has 2 N–H and O–H groups in total. The topological polar surface area (TPSA) is 73.9 Å². The third-order valence-corrected chi connectivity index (χ3v) is 7.71. The Kier molecular flexibility index (Phi) is 7.09. The molecule has 1 saturated heterocycles. The zero-order valence-corrected chi connectivity index (χ0v) is 20.8. The number of benzene rings is 2. The summed E-state index contributed by atoms with van der Waals surface area (Å²) in [6.45, 7) is 1.00. The maximum atomic E-state index is 13.0. The van der Waals surface area contributed by atoms with Crippen LogP contribution in [-0.2, 0) is 17.8 Å². The molecule has 2 aromatic carbocycles. The van der Waals surface area contributed by atoms with E-state index in [1.165, 1.54) is 0 Å². The Balaban J connectivity index is 1.18. The molecule has 7 heteroatoms. The number of fused-ring (bicyclic) bond motifs is 3. The summed E-state index contributed by atoms with van der Waals surface area (Å²) in [5, 5.41) is 6.11. The van der Waals surface area contributed by atoms with E-state index in [1.54, 1.807) is 4.90 Å². The molecule has 1 aliphatic heterocycles. The van der Waals surface area contributed by atoms with Gasteiger partial charge >= 0.3 is 12.1 Å². The predicted octanol–water partition coefficient (Wildman–Crippen LogP) is 4.29. The fourth-order valence-electron chi connectivity index (χ4n) is 6.00. The van der Waals surface area contributed by atoms with E-state index < -0.39 is 6.09 Å². The lowest BCUT2D eigenvalue weighted by atomic mass is 9.85. The average molecular weight is 487 g/mol. The molecule has 2 aromatic rings. The van der Waals surface area contributed by atoms with Crippen LogP contribution in [0.15, 0.2) is 84.7 Å². The van der Waals surface area contributed by atoms with Gasteiger partial charge in [0.05, 0.1) is 0 Å². The molecule has 5 rings (SSSR count). The fourth-order valence-corrected chi connectivity index (χ4v) is 6.00. The minimum absolute atomic E-state index is 0.0435. The lowest BCUT2D eigenvalue weighted by Gasteiger charge is -2.31. The Morgan fingerprint density at radius 3 is 2.44 bits per heavy atom. The van der Waals surface area contributed by atoms with Crippen molar-refractivity contribution >= 4 is 12.1 Å². The summed E-state index contributed by atoms with van der Waals surface area (Å²) in [6, 6.07) is 20.3. The minimum atomic E-state index is -0.450. The Morgan fingerprint density at radius 1 is 1.03 bits per heavy atom. The van der Waals surface area contributed by atoms with Crippen LogP contribution in [0.2, 0.25) is 0 Å². The van der Waals surface area contributed by atoms with Gasteiger partial charge in [-0.1, -0.05) is 66.7 Å². The van der Waals surface area contributed by atoms with Crippen molar-refractivity contribution < 1.29 is 14.3 Å². The number of ether oxygens (including phenoxy) is 1. The van der Waals surface area contributed by atoms with Crippen LogP contribution in [0.3, 0.4) is 0 Å². The molecule has 0 spiro atoms. The van der Waals surface area contributed by atoms with Crippen LogP contribution in [0.5, 0.6) is 0 Å². The molecular formula is C29H34N4O3. The molecule has 5 atom stereocenters. The van der Waals surface area contributed by atoms with Crippen LogP contribution >= 0.6 is 0 Å². The molecule has 36 heavy (non-hydrogen) atoms. The number of nitrogens with one attached hydrogen (secondary N) is 2. The number of allylic oxidation sites excluding steroid dienone is 1. The summed E-state index contributed by atoms with van der Waals surface area (Å²) in [7, 11) is 3.97. The van der Waals surface area contributed by atoms with Gasteiger partial charge < -0.3 is 20.3 Å². The summed E-state index contributed by atoms with van der Waals surface area (Å²) < 4.78 is 5.61. The Bertz CT molecular complexity index is 1130.